The van der Waals surface area contributed by atoms with Gasteiger partial charge in [0.25, 0.3) is 0 Å². The lowest BCUT2D eigenvalue weighted by molar-refractivity contribution is 0.444. The minimum absolute atomic E-state index is 0.0952. The molecule has 0 atom stereocenters. The Labute approximate surface area is 331 Å². The minimum Gasteiger partial charge on any atom is -0.310 e. The molecular weight excluding hydrogens is 675 g/mol. The fraction of sp³-hybridized carbons (Fsp3) is 0.164. The predicted molar refractivity (Wildman–Crippen MR) is 238 cm³/mol. The predicted octanol–water partition coefficient (Wildman–Crippen LogP) is 15.7. The summed E-state index contributed by atoms with van der Waals surface area (Å²) >= 11 is 0. The van der Waals surface area contributed by atoms with Crippen molar-refractivity contribution in [3.05, 3.63) is 199 Å². The van der Waals surface area contributed by atoms with Gasteiger partial charge in [0.15, 0.2) is 0 Å². The van der Waals surface area contributed by atoms with Gasteiger partial charge < -0.3 is 4.90 Å². The van der Waals surface area contributed by atoms with Crippen molar-refractivity contribution in [2.45, 2.75) is 57.3 Å². The molecule has 1 fully saturated rings. The molecule has 1 saturated carbocycles. The van der Waals surface area contributed by atoms with Gasteiger partial charge in [-0.2, -0.15) is 0 Å². The van der Waals surface area contributed by atoms with E-state index in [1.54, 1.807) is 0 Å². The molecule has 272 valence electrons. The molecule has 0 heterocycles. The third-order valence-corrected chi connectivity index (χ3v) is 12.7. The maximum atomic E-state index is 2.57. The third kappa shape index (κ3) is 5.94. The van der Waals surface area contributed by atoms with Gasteiger partial charge >= 0.3 is 0 Å². The lowest BCUT2D eigenvalue weighted by Gasteiger charge is -2.33. The number of hydrogen-bond donors (Lipinski definition) is 0. The normalized spacial score (nSPS) is 14.7. The summed E-state index contributed by atoms with van der Waals surface area (Å²) in [5.74, 6) is 0.534. The molecule has 1 heteroatoms. The Kier molecular flexibility index (Phi) is 8.67. The molecule has 8 aromatic rings. The highest BCUT2D eigenvalue weighted by Crippen LogP contribution is 2.52. The molecule has 1 nitrogen and oxygen atoms in total. The molecule has 56 heavy (non-hydrogen) atoms. The van der Waals surface area contributed by atoms with Crippen LogP contribution in [0.25, 0.3) is 55.3 Å². The summed E-state index contributed by atoms with van der Waals surface area (Å²) in [6, 6.07) is 67.9. The van der Waals surface area contributed by atoms with Gasteiger partial charge in [0, 0.05) is 16.8 Å². The summed E-state index contributed by atoms with van der Waals surface area (Å²) in [7, 11) is 0. The third-order valence-electron chi connectivity index (χ3n) is 12.7. The van der Waals surface area contributed by atoms with E-state index in [-0.39, 0.29) is 5.41 Å². The first-order chi connectivity index (χ1) is 27.5. The molecule has 0 amide bonds. The average Bonchev–Trinajstić information content (AvgIpc) is 3.49. The minimum atomic E-state index is -0.0952. The molecule has 0 unspecified atom stereocenters. The SMILES string of the molecule is CC1(C)c2ccccc2-c2ccc(N(c3ccc(-c4c(-c5ccccc5)cccc4-c4ccccc4)cc3)c3cc4ccccc4cc3C3CCCCC3)cc21. The van der Waals surface area contributed by atoms with Crippen LogP contribution < -0.4 is 4.90 Å². The molecule has 8 aromatic carbocycles. The van der Waals surface area contributed by atoms with Gasteiger partial charge in [-0.1, -0.05) is 179 Å². The van der Waals surface area contributed by atoms with Crippen molar-refractivity contribution < 1.29 is 0 Å². The van der Waals surface area contributed by atoms with E-state index < -0.39 is 0 Å². The van der Waals surface area contributed by atoms with Crippen LogP contribution in [-0.2, 0) is 5.41 Å². The van der Waals surface area contributed by atoms with Crippen LogP contribution in [0, 0.1) is 0 Å². The van der Waals surface area contributed by atoms with E-state index >= 15 is 0 Å². The maximum absolute atomic E-state index is 2.57. The standard InChI is InChI=1S/C55H47N/c1-55(2)51-28-15-14-25-48(51)49-34-33-45(37-52(49)55)56(53-36-43-24-13-12-23-42(43)35-50(53)40-21-10-5-11-22-40)44-31-29-41(30-32-44)54-46(38-17-6-3-7-18-38)26-16-27-47(54)39-19-8-4-9-20-39/h3-4,6-9,12-20,23-37,40H,5,10-11,21-22H2,1-2H3. The maximum Gasteiger partial charge on any atom is 0.0502 e. The fourth-order valence-corrected chi connectivity index (χ4v) is 9.80. The van der Waals surface area contributed by atoms with E-state index in [1.165, 1.54) is 121 Å². The topological polar surface area (TPSA) is 3.24 Å². The summed E-state index contributed by atoms with van der Waals surface area (Å²) in [6.45, 7) is 4.77. The zero-order valence-corrected chi connectivity index (χ0v) is 32.4. The van der Waals surface area contributed by atoms with Crippen molar-refractivity contribution in [1.82, 2.24) is 0 Å². The van der Waals surface area contributed by atoms with Crippen LogP contribution in [-0.4, -0.2) is 0 Å². The lowest BCUT2D eigenvalue weighted by Crippen LogP contribution is -2.18. The highest BCUT2D eigenvalue weighted by atomic mass is 15.1. The second-order valence-corrected chi connectivity index (χ2v) is 16.3. The van der Waals surface area contributed by atoms with Gasteiger partial charge in [-0.15, -0.1) is 0 Å². The summed E-state index contributed by atoms with van der Waals surface area (Å²) in [5.41, 5.74) is 18.0. The van der Waals surface area contributed by atoms with E-state index in [4.69, 9.17) is 0 Å². The van der Waals surface area contributed by atoms with Crippen molar-refractivity contribution in [3.8, 4) is 44.5 Å². The Bertz CT molecular complexity index is 2620. The van der Waals surface area contributed by atoms with Crippen molar-refractivity contribution in [2.75, 3.05) is 4.90 Å². The van der Waals surface area contributed by atoms with Crippen molar-refractivity contribution in [3.63, 3.8) is 0 Å². The van der Waals surface area contributed by atoms with Gasteiger partial charge in [-0.05, 0) is 127 Å². The van der Waals surface area contributed by atoms with E-state index in [9.17, 15) is 0 Å². The number of rotatable bonds is 7. The molecule has 0 N–H and O–H groups in total. The van der Waals surface area contributed by atoms with Gasteiger partial charge in [0.1, 0.15) is 0 Å². The van der Waals surface area contributed by atoms with Crippen LogP contribution in [0.15, 0.2) is 182 Å². The van der Waals surface area contributed by atoms with Crippen LogP contribution in [0.2, 0.25) is 0 Å². The fourth-order valence-electron chi connectivity index (χ4n) is 9.80. The largest absolute Gasteiger partial charge is 0.310 e. The Hall–Kier alpha value is -6.18. The van der Waals surface area contributed by atoms with E-state index in [0.29, 0.717) is 5.92 Å². The van der Waals surface area contributed by atoms with E-state index in [2.05, 4.69) is 201 Å². The molecule has 0 saturated heterocycles. The molecule has 0 spiro atoms. The summed E-state index contributed by atoms with van der Waals surface area (Å²) < 4.78 is 0. The van der Waals surface area contributed by atoms with Gasteiger partial charge in [0.2, 0.25) is 0 Å². The van der Waals surface area contributed by atoms with Crippen molar-refractivity contribution >= 4 is 27.8 Å². The van der Waals surface area contributed by atoms with Gasteiger partial charge in [0.05, 0.1) is 5.69 Å². The number of fused-ring (bicyclic) bond motifs is 4. The average molecular weight is 722 g/mol. The second-order valence-electron chi connectivity index (χ2n) is 16.3. The molecule has 2 aliphatic rings. The first kappa shape index (κ1) is 34.3. The summed E-state index contributed by atoms with van der Waals surface area (Å²) in [4.78, 5) is 2.57. The second kappa shape index (κ2) is 14.2. The first-order valence-electron chi connectivity index (χ1n) is 20.5. The number of hydrogen-bond acceptors (Lipinski definition) is 1. The smallest absolute Gasteiger partial charge is 0.0502 e. The lowest BCUT2D eigenvalue weighted by atomic mass is 9.81. The number of benzene rings is 8. The Morgan fingerprint density at radius 1 is 0.429 bits per heavy atom. The molecular formula is C55H47N. The van der Waals surface area contributed by atoms with Crippen LogP contribution >= 0.6 is 0 Å². The summed E-state index contributed by atoms with van der Waals surface area (Å²) in [5, 5.41) is 2.60. The Balaban J connectivity index is 1.18. The first-order valence-corrected chi connectivity index (χ1v) is 20.5. The van der Waals surface area contributed by atoms with E-state index in [1.807, 2.05) is 0 Å². The monoisotopic (exact) mass is 721 g/mol. The van der Waals surface area contributed by atoms with Gasteiger partial charge in [-0.25, -0.2) is 0 Å². The van der Waals surface area contributed by atoms with Crippen LogP contribution in [0.1, 0.15) is 68.6 Å². The quantitative estimate of drug-likeness (QED) is 0.158. The molecule has 0 aromatic heterocycles. The van der Waals surface area contributed by atoms with Crippen molar-refractivity contribution in [2.24, 2.45) is 0 Å². The molecule has 2 aliphatic carbocycles. The Morgan fingerprint density at radius 3 is 1.66 bits per heavy atom. The molecule has 0 bridgehead atoms. The van der Waals surface area contributed by atoms with Crippen molar-refractivity contribution in [1.29, 1.82) is 0 Å². The van der Waals surface area contributed by atoms with Crippen LogP contribution in [0.5, 0.6) is 0 Å². The molecule has 10 rings (SSSR count). The zero-order valence-electron chi connectivity index (χ0n) is 32.4. The zero-order chi connectivity index (χ0) is 37.6. The summed E-state index contributed by atoms with van der Waals surface area (Å²) in [6.07, 6.45) is 6.40. The number of anilines is 3. The Morgan fingerprint density at radius 2 is 0.982 bits per heavy atom. The molecule has 0 radical (unpaired) electrons. The highest BCUT2D eigenvalue weighted by Gasteiger charge is 2.36. The van der Waals surface area contributed by atoms with Gasteiger partial charge in [-0.3, -0.25) is 0 Å². The van der Waals surface area contributed by atoms with Crippen LogP contribution in [0.3, 0.4) is 0 Å². The highest BCUT2D eigenvalue weighted by molar-refractivity contribution is 5.96. The number of nitrogens with zero attached hydrogens (tertiary/aromatic N) is 1. The molecule has 0 aliphatic heterocycles. The van der Waals surface area contributed by atoms with Crippen LogP contribution in [0.4, 0.5) is 17.1 Å². The van der Waals surface area contributed by atoms with E-state index in [0.717, 1.165) is 0 Å².